The largest absolute Gasteiger partial charge is 0.0843 e. The highest BCUT2D eigenvalue weighted by molar-refractivity contribution is 7.80. The maximum absolute atomic E-state index is 6.16. The van der Waals surface area contributed by atoms with Gasteiger partial charge in [0.2, 0.25) is 0 Å². The first-order chi connectivity index (χ1) is 14.8. The minimum atomic E-state index is -0.685. The molecule has 0 aliphatic heterocycles. The van der Waals surface area contributed by atoms with Gasteiger partial charge < -0.3 is 0 Å². The molecular formula is C28H20ClP. The molecule has 0 aliphatic carbocycles. The van der Waals surface area contributed by atoms with Gasteiger partial charge in [0.15, 0.2) is 0 Å². The Kier molecular flexibility index (Phi) is 5.37. The van der Waals surface area contributed by atoms with Gasteiger partial charge in [0.25, 0.3) is 0 Å². The van der Waals surface area contributed by atoms with Gasteiger partial charge in [-0.2, -0.15) is 0 Å². The molecular weight excluding hydrogens is 403 g/mol. The van der Waals surface area contributed by atoms with Crippen molar-refractivity contribution < 1.29 is 0 Å². The van der Waals surface area contributed by atoms with E-state index in [0.29, 0.717) is 0 Å². The third-order valence-corrected chi connectivity index (χ3v) is 8.04. The normalized spacial score (nSPS) is 11.1. The van der Waals surface area contributed by atoms with Crippen LogP contribution in [0, 0.1) is 0 Å². The fraction of sp³-hybridized carbons (Fsp3) is 0. The van der Waals surface area contributed by atoms with Crippen LogP contribution in [0.2, 0.25) is 5.02 Å². The predicted molar refractivity (Wildman–Crippen MR) is 133 cm³/mol. The van der Waals surface area contributed by atoms with Crippen molar-refractivity contribution in [2.24, 2.45) is 0 Å². The van der Waals surface area contributed by atoms with Gasteiger partial charge in [-0.05, 0) is 57.9 Å². The average molecular weight is 423 g/mol. The van der Waals surface area contributed by atoms with Crippen LogP contribution in [0.15, 0.2) is 121 Å². The molecule has 0 aromatic heterocycles. The molecule has 5 aromatic carbocycles. The summed E-state index contributed by atoms with van der Waals surface area (Å²) in [5.74, 6) is 0. The molecule has 0 heterocycles. The quantitative estimate of drug-likeness (QED) is 0.276. The monoisotopic (exact) mass is 422 g/mol. The molecule has 0 spiro atoms. The van der Waals surface area contributed by atoms with Crippen molar-refractivity contribution in [3.05, 3.63) is 126 Å². The molecule has 0 radical (unpaired) electrons. The summed E-state index contributed by atoms with van der Waals surface area (Å²) in [6, 6.07) is 43.2. The number of benzene rings is 5. The number of fused-ring (bicyclic) bond motifs is 1. The lowest BCUT2D eigenvalue weighted by molar-refractivity contribution is 1.66. The predicted octanol–water partition coefficient (Wildman–Crippen LogP) is 6.92. The molecule has 0 aliphatic rings. The van der Waals surface area contributed by atoms with E-state index in [2.05, 4.69) is 109 Å². The topological polar surface area (TPSA) is 0 Å². The van der Waals surface area contributed by atoms with Crippen molar-refractivity contribution in [3.8, 4) is 11.1 Å². The maximum Gasteiger partial charge on any atom is 0.0406 e. The zero-order valence-electron chi connectivity index (χ0n) is 16.4. The van der Waals surface area contributed by atoms with Gasteiger partial charge in [0.1, 0.15) is 0 Å². The molecule has 0 nitrogen and oxygen atoms in total. The van der Waals surface area contributed by atoms with E-state index in [1.165, 1.54) is 37.8 Å². The van der Waals surface area contributed by atoms with Crippen LogP contribution in [0.25, 0.3) is 21.9 Å². The molecule has 2 heteroatoms. The van der Waals surface area contributed by atoms with E-state index in [-0.39, 0.29) is 0 Å². The second-order valence-corrected chi connectivity index (χ2v) is 9.82. The van der Waals surface area contributed by atoms with E-state index >= 15 is 0 Å². The van der Waals surface area contributed by atoms with E-state index < -0.39 is 7.92 Å². The zero-order chi connectivity index (χ0) is 20.3. The average Bonchev–Trinajstić information content (AvgIpc) is 2.81. The summed E-state index contributed by atoms with van der Waals surface area (Å²) in [4.78, 5) is 0. The van der Waals surface area contributed by atoms with Crippen LogP contribution in [-0.4, -0.2) is 0 Å². The third kappa shape index (κ3) is 3.65. The van der Waals surface area contributed by atoms with Crippen molar-refractivity contribution in [3.63, 3.8) is 0 Å². The highest BCUT2D eigenvalue weighted by Crippen LogP contribution is 2.39. The Morgan fingerprint density at radius 3 is 1.67 bits per heavy atom. The Hall–Kier alpha value is -2.92. The molecule has 30 heavy (non-hydrogen) atoms. The van der Waals surface area contributed by atoms with Crippen molar-refractivity contribution in [2.45, 2.75) is 0 Å². The van der Waals surface area contributed by atoms with Crippen LogP contribution in [0.4, 0.5) is 0 Å². The minimum absolute atomic E-state index is 0.685. The second-order valence-electron chi connectivity index (χ2n) is 7.19. The Balaban J connectivity index is 1.81. The number of hydrogen-bond acceptors (Lipinski definition) is 0. The Bertz CT molecular complexity index is 1230. The molecule has 5 aromatic rings. The number of rotatable bonds is 4. The fourth-order valence-corrected chi connectivity index (χ4v) is 6.59. The van der Waals surface area contributed by atoms with E-state index in [1.807, 2.05) is 12.1 Å². The molecule has 0 bridgehead atoms. The molecule has 144 valence electrons. The van der Waals surface area contributed by atoms with E-state index in [4.69, 9.17) is 11.6 Å². The van der Waals surface area contributed by atoms with Crippen LogP contribution in [0.5, 0.6) is 0 Å². The van der Waals surface area contributed by atoms with Gasteiger partial charge >= 0.3 is 0 Å². The summed E-state index contributed by atoms with van der Waals surface area (Å²) in [5.41, 5.74) is 2.44. The Morgan fingerprint density at radius 2 is 1.07 bits per heavy atom. The highest BCUT2D eigenvalue weighted by Gasteiger charge is 2.20. The standard InChI is InChI=1S/C28H20ClP/c29-23-19-17-21(18-20-23)26-15-7-9-22-10-8-16-27(28(22)26)30(24-11-3-1-4-12-24)25-13-5-2-6-14-25/h1-20H. The third-order valence-electron chi connectivity index (χ3n) is 5.31. The van der Waals surface area contributed by atoms with Crippen molar-refractivity contribution in [1.82, 2.24) is 0 Å². The van der Waals surface area contributed by atoms with Gasteiger partial charge in [-0.3, -0.25) is 0 Å². The van der Waals surface area contributed by atoms with Gasteiger partial charge in [-0.1, -0.05) is 121 Å². The zero-order valence-corrected chi connectivity index (χ0v) is 18.0. The van der Waals surface area contributed by atoms with Gasteiger partial charge in [-0.15, -0.1) is 0 Å². The molecule has 0 amide bonds. The van der Waals surface area contributed by atoms with Gasteiger partial charge in [0, 0.05) is 5.02 Å². The first kappa shape index (κ1) is 19.1. The molecule has 0 N–H and O–H groups in total. The van der Waals surface area contributed by atoms with Crippen molar-refractivity contribution in [1.29, 1.82) is 0 Å². The lowest BCUT2D eigenvalue weighted by atomic mass is 9.98. The lowest BCUT2D eigenvalue weighted by Crippen LogP contribution is -2.21. The minimum Gasteiger partial charge on any atom is -0.0843 e. The lowest BCUT2D eigenvalue weighted by Gasteiger charge is -2.22. The number of hydrogen-bond donors (Lipinski definition) is 0. The molecule has 0 atom stereocenters. The Morgan fingerprint density at radius 1 is 0.500 bits per heavy atom. The van der Waals surface area contributed by atoms with Crippen LogP contribution in [0.3, 0.4) is 0 Å². The van der Waals surface area contributed by atoms with Gasteiger partial charge in [-0.25, -0.2) is 0 Å². The first-order valence-corrected chi connectivity index (χ1v) is 11.7. The van der Waals surface area contributed by atoms with E-state index in [9.17, 15) is 0 Å². The van der Waals surface area contributed by atoms with Crippen LogP contribution < -0.4 is 15.9 Å². The smallest absolute Gasteiger partial charge is 0.0406 e. The van der Waals surface area contributed by atoms with Crippen LogP contribution in [-0.2, 0) is 0 Å². The molecule has 0 saturated heterocycles. The van der Waals surface area contributed by atoms with Gasteiger partial charge in [0.05, 0.1) is 0 Å². The molecule has 0 unspecified atom stereocenters. The SMILES string of the molecule is Clc1ccc(-c2cccc3cccc(P(c4ccccc4)c4ccccc4)c23)cc1. The van der Waals surface area contributed by atoms with Crippen LogP contribution in [0.1, 0.15) is 0 Å². The maximum atomic E-state index is 6.16. The Labute approximate surface area is 183 Å². The fourth-order valence-electron chi connectivity index (χ4n) is 3.96. The highest BCUT2D eigenvalue weighted by atomic mass is 35.5. The summed E-state index contributed by atoms with van der Waals surface area (Å²) in [6.45, 7) is 0. The molecule has 5 rings (SSSR count). The molecule has 0 saturated carbocycles. The first-order valence-electron chi connectivity index (χ1n) is 9.99. The molecule has 0 fully saturated rings. The summed E-state index contributed by atoms with van der Waals surface area (Å²) >= 11 is 6.16. The van der Waals surface area contributed by atoms with Crippen molar-refractivity contribution >= 4 is 46.2 Å². The van der Waals surface area contributed by atoms with Crippen LogP contribution >= 0.6 is 19.5 Å². The summed E-state index contributed by atoms with van der Waals surface area (Å²) < 4.78 is 0. The van der Waals surface area contributed by atoms with Crippen molar-refractivity contribution in [2.75, 3.05) is 0 Å². The number of halogens is 1. The van der Waals surface area contributed by atoms with E-state index in [0.717, 1.165) is 5.02 Å². The summed E-state index contributed by atoms with van der Waals surface area (Å²) in [6.07, 6.45) is 0. The summed E-state index contributed by atoms with van der Waals surface area (Å²) in [5, 5.41) is 7.44. The second kappa shape index (κ2) is 8.44. The summed E-state index contributed by atoms with van der Waals surface area (Å²) in [7, 11) is -0.685. The van der Waals surface area contributed by atoms with E-state index in [1.54, 1.807) is 0 Å².